The molecule has 1 aromatic carbocycles. The Labute approximate surface area is 125 Å². The quantitative estimate of drug-likeness (QED) is 0.780. The Bertz CT molecular complexity index is 608. The van der Waals surface area contributed by atoms with Gasteiger partial charge in [0.2, 0.25) is 0 Å². The van der Waals surface area contributed by atoms with E-state index < -0.39 is 0 Å². The van der Waals surface area contributed by atoms with Gasteiger partial charge in [0.15, 0.2) is 5.78 Å². The summed E-state index contributed by atoms with van der Waals surface area (Å²) >= 11 is 9.94. The monoisotopic (exact) mass is 340 g/mol. The molecule has 100 valence electrons. The standard InChI is InChI=1S/C15H14BrClO2/c1-2-15-7-8(18)5-11(15)9-3-4-12(19)14(17)10(9)6-13(15)16/h3-5,13,19H,2,6-7H2,1H3. The van der Waals surface area contributed by atoms with Crippen molar-refractivity contribution in [2.24, 2.45) is 5.41 Å². The Balaban J connectivity index is 2.26. The third-order valence-corrected chi connectivity index (χ3v) is 6.08. The first kappa shape index (κ1) is 13.2. The van der Waals surface area contributed by atoms with Gasteiger partial charge in [0.1, 0.15) is 5.75 Å². The number of hydrogen-bond acceptors (Lipinski definition) is 2. The summed E-state index contributed by atoms with van der Waals surface area (Å²) in [6.45, 7) is 2.12. The predicted octanol–water partition coefficient (Wildman–Crippen LogP) is 4.12. The number of phenolic OH excluding ortho intramolecular Hbond substituents is 1. The normalized spacial score (nSPS) is 28.9. The molecule has 1 aromatic rings. The molecule has 0 aromatic heterocycles. The van der Waals surface area contributed by atoms with Gasteiger partial charge in [0, 0.05) is 16.7 Å². The van der Waals surface area contributed by atoms with Crippen molar-refractivity contribution in [3.05, 3.63) is 34.4 Å². The van der Waals surface area contributed by atoms with E-state index in [1.165, 1.54) is 0 Å². The minimum atomic E-state index is -0.121. The molecule has 0 spiro atoms. The van der Waals surface area contributed by atoms with E-state index in [1.807, 2.05) is 6.07 Å². The second-order valence-corrected chi connectivity index (χ2v) is 6.79. The van der Waals surface area contributed by atoms with E-state index in [2.05, 4.69) is 22.9 Å². The van der Waals surface area contributed by atoms with E-state index in [9.17, 15) is 9.90 Å². The van der Waals surface area contributed by atoms with Crippen molar-refractivity contribution in [1.29, 1.82) is 0 Å². The number of ketones is 1. The van der Waals surface area contributed by atoms with Crippen molar-refractivity contribution in [2.75, 3.05) is 0 Å². The molecule has 2 atom stereocenters. The van der Waals surface area contributed by atoms with Crippen LogP contribution in [0.5, 0.6) is 5.75 Å². The molecular formula is C15H14BrClO2. The summed E-state index contributed by atoms with van der Waals surface area (Å²) in [6.07, 6.45) is 3.97. The van der Waals surface area contributed by atoms with Gasteiger partial charge in [-0.15, -0.1) is 0 Å². The van der Waals surface area contributed by atoms with Crippen LogP contribution in [0.1, 0.15) is 30.9 Å². The lowest BCUT2D eigenvalue weighted by molar-refractivity contribution is -0.115. The molecule has 0 saturated carbocycles. The molecule has 0 amide bonds. The average Bonchev–Trinajstić information content (AvgIpc) is 2.73. The van der Waals surface area contributed by atoms with Gasteiger partial charge in [-0.2, -0.15) is 0 Å². The molecular weight excluding hydrogens is 328 g/mol. The highest BCUT2D eigenvalue weighted by molar-refractivity contribution is 9.09. The summed E-state index contributed by atoms with van der Waals surface area (Å²) in [7, 11) is 0. The van der Waals surface area contributed by atoms with E-state index in [0.717, 1.165) is 29.5 Å². The molecule has 0 fully saturated rings. The fourth-order valence-electron chi connectivity index (χ4n) is 3.36. The summed E-state index contributed by atoms with van der Waals surface area (Å²) in [6, 6.07) is 3.49. The zero-order valence-electron chi connectivity index (χ0n) is 10.5. The number of aromatic hydroxyl groups is 1. The van der Waals surface area contributed by atoms with Gasteiger partial charge in [-0.25, -0.2) is 0 Å². The molecule has 2 nitrogen and oxygen atoms in total. The summed E-state index contributed by atoms with van der Waals surface area (Å²) in [4.78, 5) is 12.1. The van der Waals surface area contributed by atoms with Crippen LogP contribution in [0.2, 0.25) is 5.02 Å². The molecule has 1 N–H and O–H groups in total. The topological polar surface area (TPSA) is 37.3 Å². The molecule has 3 rings (SSSR count). The number of phenols is 1. The number of alkyl halides is 1. The largest absolute Gasteiger partial charge is 0.506 e. The average molecular weight is 342 g/mol. The van der Waals surface area contributed by atoms with Crippen LogP contribution in [0.3, 0.4) is 0 Å². The van der Waals surface area contributed by atoms with Crippen molar-refractivity contribution in [2.45, 2.75) is 31.0 Å². The van der Waals surface area contributed by atoms with Gasteiger partial charge in [-0.1, -0.05) is 40.5 Å². The molecule has 2 aliphatic rings. The lowest BCUT2D eigenvalue weighted by atomic mass is 9.67. The number of allylic oxidation sites excluding steroid dienone is 2. The van der Waals surface area contributed by atoms with E-state index in [1.54, 1.807) is 12.1 Å². The molecule has 0 saturated heterocycles. The highest BCUT2D eigenvalue weighted by Gasteiger charge is 2.49. The highest BCUT2D eigenvalue weighted by Crippen LogP contribution is 2.57. The van der Waals surface area contributed by atoms with E-state index in [-0.39, 0.29) is 21.8 Å². The van der Waals surface area contributed by atoms with Crippen LogP contribution < -0.4 is 0 Å². The minimum absolute atomic E-state index is 0.106. The van der Waals surface area contributed by atoms with Crippen molar-refractivity contribution in [1.82, 2.24) is 0 Å². The van der Waals surface area contributed by atoms with Gasteiger partial charge >= 0.3 is 0 Å². The number of carbonyl (C=O) groups excluding carboxylic acids is 1. The number of fused-ring (bicyclic) bond motifs is 3. The minimum Gasteiger partial charge on any atom is -0.506 e. The van der Waals surface area contributed by atoms with Crippen molar-refractivity contribution >= 4 is 38.9 Å². The molecule has 0 heterocycles. The molecule has 4 heteroatoms. The fourth-order valence-corrected chi connectivity index (χ4v) is 4.66. The number of rotatable bonds is 1. The summed E-state index contributed by atoms with van der Waals surface area (Å²) in [5.41, 5.74) is 2.91. The molecule has 2 aliphatic carbocycles. The van der Waals surface area contributed by atoms with Crippen LogP contribution in [0.25, 0.3) is 5.57 Å². The van der Waals surface area contributed by atoms with E-state index in [0.29, 0.717) is 11.4 Å². The van der Waals surface area contributed by atoms with Crippen LogP contribution in [-0.4, -0.2) is 15.7 Å². The zero-order valence-corrected chi connectivity index (χ0v) is 12.9. The first-order valence-corrected chi connectivity index (χ1v) is 7.68. The maximum Gasteiger partial charge on any atom is 0.156 e. The third-order valence-electron chi connectivity index (χ3n) is 4.46. The maximum absolute atomic E-state index is 11.9. The predicted molar refractivity (Wildman–Crippen MR) is 79.9 cm³/mol. The maximum atomic E-state index is 11.9. The highest BCUT2D eigenvalue weighted by atomic mass is 79.9. The SMILES string of the molecule is CCC12CC(=O)C=C1c1ccc(O)c(Cl)c1CC2Br. The van der Waals surface area contributed by atoms with Gasteiger partial charge in [0.25, 0.3) is 0 Å². The van der Waals surface area contributed by atoms with Crippen LogP contribution in [-0.2, 0) is 11.2 Å². The number of halogens is 2. The number of carbonyl (C=O) groups is 1. The van der Waals surface area contributed by atoms with Gasteiger partial charge in [-0.05, 0) is 41.7 Å². The van der Waals surface area contributed by atoms with Crippen LogP contribution in [0.4, 0.5) is 0 Å². The van der Waals surface area contributed by atoms with Gasteiger partial charge in [-0.3, -0.25) is 4.79 Å². The Morgan fingerprint density at radius 1 is 1.53 bits per heavy atom. The third kappa shape index (κ3) is 1.71. The number of hydrogen-bond donors (Lipinski definition) is 1. The smallest absolute Gasteiger partial charge is 0.156 e. The van der Waals surface area contributed by atoms with Crippen molar-refractivity contribution in [3.63, 3.8) is 0 Å². The van der Waals surface area contributed by atoms with E-state index >= 15 is 0 Å². The number of benzene rings is 1. The Hall–Kier alpha value is -0.800. The molecule has 19 heavy (non-hydrogen) atoms. The Morgan fingerprint density at radius 3 is 2.95 bits per heavy atom. The lowest BCUT2D eigenvalue weighted by Gasteiger charge is -2.41. The summed E-state index contributed by atoms with van der Waals surface area (Å²) in [5.74, 6) is 0.285. The van der Waals surface area contributed by atoms with Gasteiger partial charge < -0.3 is 5.11 Å². The Kier molecular flexibility index (Phi) is 3.02. The second kappa shape index (κ2) is 4.35. The zero-order chi connectivity index (χ0) is 13.8. The Morgan fingerprint density at radius 2 is 2.26 bits per heavy atom. The molecule has 0 aliphatic heterocycles. The van der Waals surface area contributed by atoms with E-state index in [4.69, 9.17) is 11.6 Å². The van der Waals surface area contributed by atoms with Crippen LogP contribution in [0, 0.1) is 5.41 Å². The summed E-state index contributed by atoms with van der Waals surface area (Å²) < 4.78 is 0. The molecule has 0 bridgehead atoms. The first-order valence-electron chi connectivity index (χ1n) is 6.39. The first-order chi connectivity index (χ1) is 8.99. The second-order valence-electron chi connectivity index (χ2n) is 5.31. The van der Waals surface area contributed by atoms with Crippen molar-refractivity contribution in [3.8, 4) is 5.75 Å². The molecule has 2 unspecified atom stereocenters. The lowest BCUT2D eigenvalue weighted by Crippen LogP contribution is -2.36. The van der Waals surface area contributed by atoms with Crippen LogP contribution >= 0.6 is 27.5 Å². The van der Waals surface area contributed by atoms with Gasteiger partial charge in [0.05, 0.1) is 5.02 Å². The molecule has 0 radical (unpaired) electrons. The fraction of sp³-hybridized carbons (Fsp3) is 0.400. The summed E-state index contributed by atoms with van der Waals surface area (Å²) in [5, 5.41) is 10.2. The van der Waals surface area contributed by atoms with Crippen molar-refractivity contribution < 1.29 is 9.90 Å². The van der Waals surface area contributed by atoms with Crippen LogP contribution in [0.15, 0.2) is 18.2 Å².